The van der Waals surface area contributed by atoms with Crippen molar-refractivity contribution < 1.29 is 15.0 Å². The molecule has 0 unspecified atom stereocenters. The Morgan fingerprint density at radius 1 is 1.47 bits per heavy atom. The first-order valence-corrected chi connectivity index (χ1v) is 4.54. The molecule has 15 heavy (non-hydrogen) atoms. The van der Waals surface area contributed by atoms with Crippen molar-refractivity contribution in [3.8, 4) is 5.88 Å². The molecule has 5 nitrogen and oxygen atoms in total. The minimum Gasteiger partial charge on any atom is -0.494 e. The van der Waals surface area contributed by atoms with E-state index < -0.39 is 5.97 Å². The summed E-state index contributed by atoms with van der Waals surface area (Å²) in [6.07, 6.45) is 1.92. The van der Waals surface area contributed by atoms with Gasteiger partial charge in [0.05, 0.1) is 18.1 Å². The molecule has 2 aromatic rings. The van der Waals surface area contributed by atoms with E-state index in [2.05, 4.69) is 4.98 Å². The molecule has 0 atom stereocenters. The molecule has 0 bridgehead atoms. The number of rotatable bonds is 3. The minimum atomic E-state index is -0.873. The van der Waals surface area contributed by atoms with E-state index in [0.29, 0.717) is 12.2 Å². The average Bonchev–Trinajstić information content (AvgIpc) is 2.59. The Kier molecular flexibility index (Phi) is 2.29. The number of aliphatic carboxylic acids is 1. The van der Waals surface area contributed by atoms with E-state index in [1.54, 1.807) is 28.8 Å². The van der Waals surface area contributed by atoms with Gasteiger partial charge in [0.2, 0.25) is 0 Å². The summed E-state index contributed by atoms with van der Waals surface area (Å²) in [5.41, 5.74) is 0.760. The molecule has 0 aromatic carbocycles. The van der Waals surface area contributed by atoms with E-state index >= 15 is 0 Å². The molecule has 0 spiro atoms. The second-order valence-corrected chi connectivity index (χ2v) is 3.21. The number of aromatic hydroxyl groups is 1. The van der Waals surface area contributed by atoms with Gasteiger partial charge in [-0.2, -0.15) is 0 Å². The third kappa shape index (κ3) is 1.76. The van der Waals surface area contributed by atoms with Crippen LogP contribution in [0.2, 0.25) is 0 Å². The normalized spacial score (nSPS) is 10.7. The predicted octanol–water partition coefficient (Wildman–Crippen LogP) is 1.06. The molecule has 2 heterocycles. The SMILES string of the molecule is O=C(O)CCc1ncc2cccc(O)n12. The van der Waals surface area contributed by atoms with Gasteiger partial charge in [-0.15, -0.1) is 0 Å². The fourth-order valence-corrected chi connectivity index (χ4v) is 1.49. The number of hydrogen-bond acceptors (Lipinski definition) is 3. The lowest BCUT2D eigenvalue weighted by atomic mass is 10.3. The molecule has 0 aliphatic carbocycles. The molecule has 0 amide bonds. The molecular weight excluding hydrogens is 196 g/mol. The maximum atomic E-state index is 10.4. The van der Waals surface area contributed by atoms with Gasteiger partial charge in [-0.05, 0) is 12.1 Å². The van der Waals surface area contributed by atoms with Crippen LogP contribution < -0.4 is 0 Å². The van der Waals surface area contributed by atoms with Crippen molar-refractivity contribution in [2.45, 2.75) is 12.8 Å². The van der Waals surface area contributed by atoms with E-state index in [1.807, 2.05) is 0 Å². The maximum Gasteiger partial charge on any atom is 0.303 e. The van der Waals surface area contributed by atoms with Crippen LogP contribution in [0.1, 0.15) is 12.2 Å². The topological polar surface area (TPSA) is 74.8 Å². The van der Waals surface area contributed by atoms with Crippen molar-refractivity contribution >= 4 is 11.5 Å². The van der Waals surface area contributed by atoms with Crippen LogP contribution in [0.25, 0.3) is 5.52 Å². The third-order valence-electron chi connectivity index (χ3n) is 2.17. The number of hydrogen-bond donors (Lipinski definition) is 2. The number of pyridine rings is 1. The number of aromatic nitrogens is 2. The van der Waals surface area contributed by atoms with Crippen molar-refractivity contribution in [1.29, 1.82) is 0 Å². The highest BCUT2D eigenvalue weighted by Gasteiger charge is 2.08. The average molecular weight is 206 g/mol. The van der Waals surface area contributed by atoms with Crippen molar-refractivity contribution in [1.82, 2.24) is 9.38 Å². The number of imidazole rings is 1. The summed E-state index contributed by atoms with van der Waals surface area (Å²) in [7, 11) is 0. The highest BCUT2D eigenvalue weighted by molar-refractivity contribution is 5.67. The molecule has 0 fully saturated rings. The third-order valence-corrected chi connectivity index (χ3v) is 2.17. The Hall–Kier alpha value is -2.04. The molecule has 2 N–H and O–H groups in total. The van der Waals surface area contributed by atoms with Crippen LogP contribution in [-0.4, -0.2) is 25.6 Å². The van der Waals surface area contributed by atoms with E-state index in [0.717, 1.165) is 5.52 Å². The molecule has 0 radical (unpaired) electrons. The van der Waals surface area contributed by atoms with Gasteiger partial charge >= 0.3 is 5.97 Å². The molecule has 0 aliphatic rings. The van der Waals surface area contributed by atoms with Crippen LogP contribution in [0.4, 0.5) is 0 Å². The number of carbonyl (C=O) groups is 1. The Bertz CT molecular complexity index is 504. The van der Waals surface area contributed by atoms with Crippen LogP contribution in [0.5, 0.6) is 5.88 Å². The number of aryl methyl sites for hydroxylation is 1. The van der Waals surface area contributed by atoms with Crippen LogP contribution >= 0.6 is 0 Å². The van der Waals surface area contributed by atoms with Crippen LogP contribution in [0, 0.1) is 0 Å². The summed E-state index contributed by atoms with van der Waals surface area (Å²) in [5, 5.41) is 18.1. The highest BCUT2D eigenvalue weighted by Crippen LogP contribution is 2.16. The van der Waals surface area contributed by atoms with Crippen LogP contribution in [0.15, 0.2) is 24.4 Å². The first-order chi connectivity index (χ1) is 7.18. The van der Waals surface area contributed by atoms with E-state index in [1.165, 1.54) is 0 Å². The highest BCUT2D eigenvalue weighted by atomic mass is 16.4. The van der Waals surface area contributed by atoms with Gasteiger partial charge < -0.3 is 10.2 Å². The van der Waals surface area contributed by atoms with Gasteiger partial charge in [0.25, 0.3) is 0 Å². The smallest absolute Gasteiger partial charge is 0.303 e. The molecule has 2 aromatic heterocycles. The van der Waals surface area contributed by atoms with Crippen molar-refractivity contribution in [2.24, 2.45) is 0 Å². The first kappa shape index (κ1) is 9.51. The predicted molar refractivity (Wildman–Crippen MR) is 52.8 cm³/mol. The molecule has 0 saturated heterocycles. The lowest BCUT2D eigenvalue weighted by Crippen LogP contribution is -2.01. The van der Waals surface area contributed by atoms with Crippen LogP contribution in [-0.2, 0) is 11.2 Å². The number of nitrogens with zero attached hydrogens (tertiary/aromatic N) is 2. The molecule has 0 saturated carbocycles. The second kappa shape index (κ2) is 3.61. The summed E-state index contributed by atoms with van der Waals surface area (Å²) >= 11 is 0. The van der Waals surface area contributed by atoms with Gasteiger partial charge in [-0.25, -0.2) is 4.98 Å². The molecular formula is C10H10N2O3. The lowest BCUT2D eigenvalue weighted by molar-refractivity contribution is -0.137. The Morgan fingerprint density at radius 2 is 2.27 bits per heavy atom. The summed E-state index contributed by atoms with van der Waals surface area (Å²) in [6, 6.07) is 5.06. The zero-order valence-electron chi connectivity index (χ0n) is 7.92. The summed E-state index contributed by atoms with van der Waals surface area (Å²) in [5.74, 6) is -0.238. The molecule has 0 aliphatic heterocycles. The zero-order chi connectivity index (χ0) is 10.8. The Labute approximate surface area is 85.6 Å². The number of carboxylic acid groups (broad SMARTS) is 1. The van der Waals surface area contributed by atoms with E-state index in [-0.39, 0.29) is 12.3 Å². The fourth-order valence-electron chi connectivity index (χ4n) is 1.49. The van der Waals surface area contributed by atoms with Gasteiger partial charge in [-0.1, -0.05) is 6.07 Å². The van der Waals surface area contributed by atoms with Crippen molar-refractivity contribution in [3.63, 3.8) is 0 Å². The zero-order valence-corrected chi connectivity index (χ0v) is 7.92. The van der Waals surface area contributed by atoms with Crippen LogP contribution in [0.3, 0.4) is 0 Å². The van der Waals surface area contributed by atoms with Gasteiger partial charge in [0, 0.05) is 6.42 Å². The molecule has 78 valence electrons. The number of carboxylic acids is 1. The van der Waals surface area contributed by atoms with Gasteiger partial charge in [-0.3, -0.25) is 9.20 Å². The fraction of sp³-hybridized carbons (Fsp3) is 0.200. The monoisotopic (exact) mass is 206 g/mol. The minimum absolute atomic E-state index is 0.00739. The van der Waals surface area contributed by atoms with Gasteiger partial charge in [0.1, 0.15) is 5.82 Å². The van der Waals surface area contributed by atoms with E-state index in [4.69, 9.17) is 5.11 Å². The largest absolute Gasteiger partial charge is 0.494 e. The molecule has 2 rings (SSSR count). The number of fused-ring (bicyclic) bond motifs is 1. The quantitative estimate of drug-likeness (QED) is 0.787. The first-order valence-electron chi connectivity index (χ1n) is 4.54. The maximum absolute atomic E-state index is 10.4. The lowest BCUT2D eigenvalue weighted by Gasteiger charge is -2.01. The second-order valence-electron chi connectivity index (χ2n) is 3.21. The standard InChI is InChI=1S/C10H10N2O3/c13-9-3-1-2-7-6-11-8(12(7)9)4-5-10(14)15/h1-3,6,13H,4-5H2,(H,14,15). The molecule has 5 heteroatoms. The van der Waals surface area contributed by atoms with Gasteiger partial charge in [0.15, 0.2) is 5.88 Å². The van der Waals surface area contributed by atoms with Crippen molar-refractivity contribution in [3.05, 3.63) is 30.2 Å². The Morgan fingerprint density at radius 3 is 3.00 bits per heavy atom. The summed E-state index contributed by atoms with van der Waals surface area (Å²) < 4.78 is 1.54. The van der Waals surface area contributed by atoms with Crippen molar-refractivity contribution in [2.75, 3.05) is 0 Å². The summed E-state index contributed by atoms with van der Waals surface area (Å²) in [4.78, 5) is 14.5. The summed E-state index contributed by atoms with van der Waals surface area (Å²) in [6.45, 7) is 0. The van der Waals surface area contributed by atoms with E-state index in [9.17, 15) is 9.90 Å². The Balaban J connectivity index is 2.39.